The number of aromatic amines is 1. The number of rotatable bonds is 9. The third-order valence-corrected chi connectivity index (χ3v) is 9.59. The monoisotopic (exact) mass is 584 g/mol. The molecule has 6 atom stereocenters. The molecule has 14 heteroatoms. The van der Waals surface area contributed by atoms with Crippen LogP contribution < -0.4 is 44.9 Å². The van der Waals surface area contributed by atoms with Gasteiger partial charge < -0.3 is 34.9 Å². The van der Waals surface area contributed by atoms with Crippen molar-refractivity contribution in [2.45, 2.75) is 57.2 Å². The van der Waals surface area contributed by atoms with E-state index in [0.29, 0.717) is 17.8 Å². The fourth-order valence-electron chi connectivity index (χ4n) is 6.08. The van der Waals surface area contributed by atoms with Crippen LogP contribution in [-0.4, -0.2) is 82.9 Å². The minimum Gasteiger partial charge on any atom is -0.746 e. The van der Waals surface area contributed by atoms with Crippen molar-refractivity contribution in [3.63, 3.8) is 0 Å². The SMILES string of the molecule is COc1cccc2[nH]c(C(=O)N[C@H](C(=O)N3C[C@H]4[C@@H]([C@H]3C(=O)N[C@@H](C)C(O)S(=O)(=O)[O-])C4(C)C)C3CC3)cc12.[Na+]. The first-order valence-electron chi connectivity index (χ1n) is 13.0. The summed E-state index contributed by atoms with van der Waals surface area (Å²) in [6.07, 6.45) is 1.51. The molecule has 1 unspecified atom stereocenters. The molecule has 0 spiro atoms. The molecule has 2 aromatic rings. The maximum Gasteiger partial charge on any atom is 1.00 e. The number of methoxy groups -OCH3 is 1. The molecular formula is C26H33N4NaO8S. The molecule has 1 aliphatic heterocycles. The Morgan fingerprint density at radius 3 is 2.50 bits per heavy atom. The van der Waals surface area contributed by atoms with Gasteiger partial charge in [0.2, 0.25) is 11.8 Å². The van der Waals surface area contributed by atoms with Gasteiger partial charge in [-0.1, -0.05) is 19.9 Å². The zero-order valence-electron chi connectivity index (χ0n) is 23.1. The first kappa shape index (κ1) is 30.8. The Hall–Kier alpha value is -2.16. The summed E-state index contributed by atoms with van der Waals surface area (Å²) >= 11 is 0. The number of aliphatic hydroxyl groups excluding tert-OH is 1. The van der Waals surface area contributed by atoms with Gasteiger partial charge in [0.05, 0.1) is 13.2 Å². The number of hydrogen-bond donors (Lipinski definition) is 4. The fraction of sp³-hybridized carbons (Fsp3) is 0.577. The predicted molar refractivity (Wildman–Crippen MR) is 138 cm³/mol. The molecule has 2 heterocycles. The van der Waals surface area contributed by atoms with Gasteiger partial charge >= 0.3 is 29.6 Å². The molecule has 3 aliphatic rings. The molecular weight excluding hydrogens is 551 g/mol. The van der Waals surface area contributed by atoms with Gasteiger partial charge in [0.25, 0.3) is 5.91 Å². The van der Waals surface area contributed by atoms with Gasteiger partial charge in [-0.15, -0.1) is 0 Å². The minimum atomic E-state index is -5.05. The average Bonchev–Trinajstić information content (AvgIpc) is 3.65. The predicted octanol–water partition coefficient (Wildman–Crippen LogP) is -2.46. The summed E-state index contributed by atoms with van der Waals surface area (Å²) in [6, 6.07) is 3.94. The number of benzene rings is 1. The van der Waals surface area contributed by atoms with E-state index in [1.54, 1.807) is 25.3 Å². The number of fused-ring (bicyclic) bond motifs is 2. The number of carbonyl (C=O) groups is 3. The van der Waals surface area contributed by atoms with E-state index in [2.05, 4.69) is 15.6 Å². The van der Waals surface area contributed by atoms with Crippen molar-refractivity contribution in [2.75, 3.05) is 13.7 Å². The van der Waals surface area contributed by atoms with Gasteiger partial charge in [-0.2, -0.15) is 0 Å². The quantitative estimate of drug-likeness (QED) is 0.185. The number of nitrogens with zero attached hydrogens (tertiary/aromatic N) is 1. The average molecular weight is 585 g/mol. The Bertz CT molecular complexity index is 1440. The molecule has 3 fully saturated rings. The number of piperidine rings is 1. The number of nitrogens with one attached hydrogen (secondary N) is 3. The van der Waals surface area contributed by atoms with Crippen LogP contribution in [0.15, 0.2) is 24.3 Å². The van der Waals surface area contributed by atoms with Crippen LogP contribution in [-0.2, 0) is 19.7 Å². The van der Waals surface area contributed by atoms with E-state index in [4.69, 9.17) is 4.74 Å². The van der Waals surface area contributed by atoms with Crippen LogP contribution in [0.25, 0.3) is 10.9 Å². The number of aromatic nitrogens is 1. The van der Waals surface area contributed by atoms with Crippen LogP contribution in [0, 0.1) is 23.2 Å². The number of aliphatic hydroxyl groups is 1. The summed E-state index contributed by atoms with van der Waals surface area (Å²) < 4.78 is 39.1. The normalized spacial score (nSPS) is 25.2. The molecule has 12 nitrogen and oxygen atoms in total. The van der Waals surface area contributed by atoms with Crippen molar-refractivity contribution in [3.05, 3.63) is 30.0 Å². The Morgan fingerprint density at radius 2 is 1.90 bits per heavy atom. The van der Waals surface area contributed by atoms with Gasteiger partial charge in [0.15, 0.2) is 5.44 Å². The fourth-order valence-corrected chi connectivity index (χ4v) is 6.65. The van der Waals surface area contributed by atoms with Crippen LogP contribution >= 0.6 is 0 Å². The molecule has 212 valence electrons. The summed E-state index contributed by atoms with van der Waals surface area (Å²) in [5, 5.41) is 15.8. The van der Waals surface area contributed by atoms with Crippen LogP contribution in [0.2, 0.25) is 0 Å². The molecule has 1 aromatic carbocycles. The van der Waals surface area contributed by atoms with E-state index in [1.807, 2.05) is 19.9 Å². The topological polar surface area (TPSA) is 181 Å². The number of hydrogen-bond acceptors (Lipinski definition) is 8. The van der Waals surface area contributed by atoms with Crippen LogP contribution in [0.4, 0.5) is 0 Å². The van der Waals surface area contributed by atoms with E-state index < -0.39 is 45.5 Å². The van der Waals surface area contributed by atoms with Crippen LogP contribution in [0.3, 0.4) is 0 Å². The Morgan fingerprint density at radius 1 is 1.23 bits per heavy atom. The number of H-pyrrole nitrogens is 1. The Labute approximate surface area is 254 Å². The third kappa shape index (κ3) is 5.51. The van der Waals surface area contributed by atoms with Gasteiger partial charge in [0.1, 0.15) is 33.6 Å². The third-order valence-electron chi connectivity index (χ3n) is 8.59. The second kappa shape index (κ2) is 10.9. The molecule has 3 amide bonds. The minimum absolute atomic E-state index is 0. The van der Waals surface area contributed by atoms with Gasteiger partial charge in [0, 0.05) is 17.4 Å². The van der Waals surface area contributed by atoms with Gasteiger partial charge in [-0.25, -0.2) is 8.42 Å². The first-order chi connectivity index (χ1) is 18.3. The van der Waals surface area contributed by atoms with Gasteiger partial charge in [-0.3, -0.25) is 14.4 Å². The van der Waals surface area contributed by atoms with Gasteiger partial charge in [-0.05, 0) is 61.1 Å². The molecule has 5 rings (SSSR count). The zero-order valence-corrected chi connectivity index (χ0v) is 25.9. The van der Waals surface area contributed by atoms with Crippen LogP contribution in [0.1, 0.15) is 44.1 Å². The molecule has 0 bridgehead atoms. The van der Waals surface area contributed by atoms with Crippen molar-refractivity contribution in [1.29, 1.82) is 0 Å². The van der Waals surface area contributed by atoms with E-state index in [0.717, 1.165) is 18.2 Å². The molecule has 2 aliphatic carbocycles. The summed E-state index contributed by atoms with van der Waals surface area (Å²) in [4.78, 5) is 44.9. The zero-order chi connectivity index (χ0) is 28.4. The molecule has 1 saturated heterocycles. The number of amides is 3. The largest absolute Gasteiger partial charge is 1.00 e. The molecule has 4 N–H and O–H groups in total. The van der Waals surface area contributed by atoms with E-state index in [-0.39, 0.29) is 64.3 Å². The smallest absolute Gasteiger partial charge is 0.746 e. The van der Waals surface area contributed by atoms with E-state index in [1.165, 1.54) is 11.8 Å². The molecule has 0 radical (unpaired) electrons. The Balaban J connectivity index is 0.00000370. The van der Waals surface area contributed by atoms with Crippen molar-refractivity contribution in [2.24, 2.45) is 23.2 Å². The van der Waals surface area contributed by atoms with E-state index >= 15 is 0 Å². The molecule has 40 heavy (non-hydrogen) atoms. The standard InChI is InChI=1S/C26H34N4O8S.Na/c1-12(25(34)39(35,36)37)27-23(32)21-19-15(26(19,2)3)11-30(21)24(33)20(13-8-9-13)29-22(31)17-10-14-16(28-17)6-5-7-18(14)38-4;/h5-7,10,12-13,15,19-21,25,28,34H,8-9,11H2,1-4H3,(H,27,32)(H,29,31)(H,35,36,37);/q;+1/p-1/t12-,15-,19-,20-,21-,25?;/m0./s1. The van der Waals surface area contributed by atoms with Crippen molar-refractivity contribution in [3.8, 4) is 5.75 Å². The Kier molecular flexibility index (Phi) is 8.40. The van der Waals surface area contributed by atoms with E-state index in [9.17, 15) is 32.5 Å². The second-order valence-electron chi connectivity index (χ2n) is 11.5. The van der Waals surface area contributed by atoms with Crippen molar-refractivity contribution in [1.82, 2.24) is 20.5 Å². The number of carbonyl (C=O) groups excluding carboxylic acids is 3. The number of likely N-dealkylation sites (tertiary alicyclic amines) is 1. The summed E-state index contributed by atoms with van der Waals surface area (Å²) in [5.41, 5.74) is -1.55. The second-order valence-corrected chi connectivity index (χ2v) is 12.9. The number of ether oxygens (including phenoxy) is 1. The first-order valence-corrected chi connectivity index (χ1v) is 14.4. The molecule has 2 saturated carbocycles. The summed E-state index contributed by atoms with van der Waals surface area (Å²) in [5.74, 6) is -1.06. The van der Waals surface area contributed by atoms with Crippen LogP contribution in [0.5, 0.6) is 5.75 Å². The maximum absolute atomic E-state index is 13.8. The summed E-state index contributed by atoms with van der Waals surface area (Å²) in [6.45, 7) is 5.52. The summed E-state index contributed by atoms with van der Waals surface area (Å²) in [7, 11) is -3.51. The van der Waals surface area contributed by atoms with Crippen molar-refractivity contribution >= 4 is 38.7 Å². The molecule has 1 aromatic heterocycles. The van der Waals surface area contributed by atoms with Crippen molar-refractivity contribution < 1.29 is 66.8 Å². The maximum atomic E-state index is 13.8.